The third-order valence-corrected chi connectivity index (χ3v) is 2.96. The van der Waals surface area contributed by atoms with Crippen LogP contribution >= 0.6 is 0 Å². The van der Waals surface area contributed by atoms with Crippen LogP contribution in [0.5, 0.6) is 5.75 Å². The summed E-state index contributed by atoms with van der Waals surface area (Å²) < 4.78 is 9.92. The normalized spacial score (nSPS) is 12.4. The van der Waals surface area contributed by atoms with E-state index in [-0.39, 0.29) is 12.4 Å². The summed E-state index contributed by atoms with van der Waals surface area (Å²) in [5.74, 6) is 0.436. The van der Waals surface area contributed by atoms with E-state index in [1.54, 1.807) is 19.2 Å². The summed E-state index contributed by atoms with van der Waals surface area (Å²) in [4.78, 5) is 11.9. The lowest BCUT2D eigenvalue weighted by Gasteiger charge is -2.09. The molecule has 0 saturated carbocycles. The Morgan fingerprint density at radius 3 is 2.53 bits per heavy atom. The van der Waals surface area contributed by atoms with Gasteiger partial charge in [-0.2, -0.15) is 0 Å². The van der Waals surface area contributed by atoms with Crippen molar-refractivity contribution in [2.75, 3.05) is 20.8 Å². The topological polar surface area (TPSA) is 55.8 Å². The molecule has 1 unspecified atom stereocenters. The molecule has 2 aromatic rings. The highest BCUT2D eigenvalue weighted by Gasteiger charge is 2.17. The van der Waals surface area contributed by atoms with Crippen LogP contribution in [-0.2, 0) is 4.74 Å². The lowest BCUT2D eigenvalue weighted by molar-refractivity contribution is 0.0476. The molecular weight excluding hydrogens is 244 g/mol. The zero-order chi connectivity index (χ0) is 13.8. The van der Waals surface area contributed by atoms with Crippen LogP contribution < -0.4 is 4.74 Å². The van der Waals surface area contributed by atoms with Crippen molar-refractivity contribution in [3.05, 3.63) is 42.0 Å². The van der Waals surface area contributed by atoms with Crippen molar-refractivity contribution in [2.24, 2.45) is 0 Å². The Labute approximate surface area is 111 Å². The van der Waals surface area contributed by atoms with E-state index in [9.17, 15) is 9.90 Å². The molecule has 0 fully saturated rings. The van der Waals surface area contributed by atoms with Gasteiger partial charge < -0.3 is 14.6 Å². The number of methoxy groups -OCH3 is 2. The number of hydrogen-bond donors (Lipinski definition) is 1. The Balaban J connectivity index is 2.34. The van der Waals surface area contributed by atoms with Gasteiger partial charge in [0.05, 0.1) is 13.7 Å². The van der Waals surface area contributed by atoms with Crippen molar-refractivity contribution in [3.63, 3.8) is 0 Å². The second kappa shape index (κ2) is 5.82. The first kappa shape index (κ1) is 13.5. The molecular formula is C15H16O4. The summed E-state index contributed by atoms with van der Waals surface area (Å²) >= 11 is 0. The fourth-order valence-electron chi connectivity index (χ4n) is 1.93. The number of fused-ring (bicyclic) bond motifs is 1. The molecule has 4 nitrogen and oxygen atoms in total. The standard InChI is InChI=1S/C15H16O4/c1-18-9-14(16)15(17)12-4-3-11-8-13(19-2)6-5-10(11)7-12/h3-8,14,16H,9H2,1-2H3. The second-order valence-electron chi connectivity index (χ2n) is 4.26. The maximum Gasteiger partial charge on any atom is 0.193 e. The molecule has 100 valence electrons. The minimum Gasteiger partial charge on any atom is -0.497 e. The monoisotopic (exact) mass is 260 g/mol. The molecule has 0 heterocycles. The highest BCUT2D eigenvalue weighted by atomic mass is 16.5. The van der Waals surface area contributed by atoms with Crippen LogP contribution in [0.25, 0.3) is 10.8 Å². The van der Waals surface area contributed by atoms with E-state index in [4.69, 9.17) is 9.47 Å². The third kappa shape index (κ3) is 2.92. The number of Topliss-reactive ketones (excluding diaryl/α,β-unsaturated/α-hetero) is 1. The average Bonchev–Trinajstić information content (AvgIpc) is 2.45. The van der Waals surface area contributed by atoms with Crippen molar-refractivity contribution in [1.29, 1.82) is 0 Å². The predicted octanol–water partition coefficient (Wildman–Crippen LogP) is 2.04. The molecule has 2 aromatic carbocycles. The van der Waals surface area contributed by atoms with Gasteiger partial charge >= 0.3 is 0 Å². The number of carbonyl (C=O) groups is 1. The second-order valence-corrected chi connectivity index (χ2v) is 4.26. The molecule has 0 aromatic heterocycles. The molecule has 2 rings (SSSR count). The van der Waals surface area contributed by atoms with Crippen molar-refractivity contribution in [1.82, 2.24) is 0 Å². The van der Waals surface area contributed by atoms with Gasteiger partial charge in [0.15, 0.2) is 5.78 Å². The van der Waals surface area contributed by atoms with E-state index in [0.29, 0.717) is 5.56 Å². The molecule has 4 heteroatoms. The Morgan fingerprint density at radius 2 is 1.84 bits per heavy atom. The van der Waals surface area contributed by atoms with Gasteiger partial charge in [-0.3, -0.25) is 4.79 Å². The zero-order valence-electron chi connectivity index (χ0n) is 10.9. The molecule has 1 N–H and O–H groups in total. The first-order valence-corrected chi connectivity index (χ1v) is 5.94. The van der Waals surface area contributed by atoms with Crippen molar-refractivity contribution in [2.45, 2.75) is 6.10 Å². The fraction of sp³-hybridized carbons (Fsp3) is 0.267. The molecule has 19 heavy (non-hydrogen) atoms. The summed E-state index contributed by atoms with van der Waals surface area (Å²) in [6.45, 7) is -0.000513. The number of aliphatic hydroxyl groups excluding tert-OH is 1. The molecule has 0 saturated heterocycles. The van der Waals surface area contributed by atoms with E-state index < -0.39 is 6.10 Å². The van der Waals surface area contributed by atoms with Crippen LogP contribution in [0.3, 0.4) is 0 Å². The lowest BCUT2D eigenvalue weighted by atomic mass is 10.0. The van der Waals surface area contributed by atoms with Gasteiger partial charge in [-0.25, -0.2) is 0 Å². The quantitative estimate of drug-likeness (QED) is 0.836. The number of ketones is 1. The van der Waals surface area contributed by atoms with Crippen molar-refractivity contribution < 1.29 is 19.4 Å². The maximum absolute atomic E-state index is 11.9. The number of carbonyl (C=O) groups excluding carboxylic acids is 1. The number of aliphatic hydroxyl groups is 1. The summed E-state index contributed by atoms with van der Waals surface area (Å²) in [6, 6.07) is 10.9. The first-order chi connectivity index (χ1) is 9.15. The van der Waals surface area contributed by atoms with E-state index in [1.165, 1.54) is 7.11 Å². The molecule has 0 aliphatic heterocycles. The van der Waals surface area contributed by atoms with Crippen molar-refractivity contribution >= 4 is 16.6 Å². The van der Waals surface area contributed by atoms with Gasteiger partial charge in [0.25, 0.3) is 0 Å². The van der Waals surface area contributed by atoms with E-state index >= 15 is 0 Å². The zero-order valence-corrected chi connectivity index (χ0v) is 10.9. The number of hydrogen-bond acceptors (Lipinski definition) is 4. The van der Waals surface area contributed by atoms with Crippen LogP contribution in [0, 0.1) is 0 Å². The highest BCUT2D eigenvalue weighted by Crippen LogP contribution is 2.22. The summed E-state index contributed by atoms with van der Waals surface area (Å²) in [6.07, 6.45) is -1.12. The largest absolute Gasteiger partial charge is 0.497 e. The van der Waals surface area contributed by atoms with Crippen LogP contribution in [0.4, 0.5) is 0 Å². The SMILES string of the molecule is COCC(O)C(=O)c1ccc2cc(OC)ccc2c1. The first-order valence-electron chi connectivity index (χ1n) is 5.94. The molecule has 0 bridgehead atoms. The highest BCUT2D eigenvalue weighted by molar-refractivity contribution is 6.02. The van der Waals surface area contributed by atoms with Crippen molar-refractivity contribution in [3.8, 4) is 5.75 Å². The minimum atomic E-state index is -1.12. The van der Waals surface area contributed by atoms with Crippen LogP contribution in [0.2, 0.25) is 0 Å². The lowest BCUT2D eigenvalue weighted by Crippen LogP contribution is -2.25. The molecule has 0 spiro atoms. The van der Waals surface area contributed by atoms with Gasteiger partial charge in [-0.05, 0) is 29.0 Å². The van der Waals surface area contributed by atoms with E-state index in [0.717, 1.165) is 16.5 Å². The van der Waals surface area contributed by atoms with E-state index in [2.05, 4.69) is 0 Å². The third-order valence-electron chi connectivity index (χ3n) is 2.96. The van der Waals surface area contributed by atoms with Gasteiger partial charge in [0, 0.05) is 12.7 Å². The molecule has 0 radical (unpaired) electrons. The molecule has 0 amide bonds. The van der Waals surface area contributed by atoms with Gasteiger partial charge in [0.1, 0.15) is 11.9 Å². The maximum atomic E-state index is 11.9. The van der Waals surface area contributed by atoms with Gasteiger partial charge in [0.2, 0.25) is 0 Å². The Kier molecular flexibility index (Phi) is 4.14. The minimum absolute atomic E-state index is 0.000513. The van der Waals surface area contributed by atoms with Gasteiger partial charge in [-0.1, -0.05) is 18.2 Å². The van der Waals surface area contributed by atoms with Crippen LogP contribution in [0.1, 0.15) is 10.4 Å². The molecule has 0 aliphatic carbocycles. The Hall–Kier alpha value is -1.91. The summed E-state index contributed by atoms with van der Waals surface area (Å²) in [5, 5.41) is 11.5. The van der Waals surface area contributed by atoms with Gasteiger partial charge in [-0.15, -0.1) is 0 Å². The molecule has 1 atom stereocenters. The van der Waals surface area contributed by atoms with E-state index in [1.807, 2.05) is 24.3 Å². The Morgan fingerprint density at radius 1 is 1.16 bits per heavy atom. The smallest absolute Gasteiger partial charge is 0.193 e. The number of ether oxygens (including phenoxy) is 2. The predicted molar refractivity (Wildman–Crippen MR) is 72.7 cm³/mol. The Bertz CT molecular complexity index is 592. The van der Waals surface area contributed by atoms with Crippen LogP contribution in [-0.4, -0.2) is 37.8 Å². The number of rotatable bonds is 5. The summed E-state index contributed by atoms with van der Waals surface area (Å²) in [7, 11) is 3.06. The number of benzene rings is 2. The summed E-state index contributed by atoms with van der Waals surface area (Å²) in [5.41, 5.74) is 0.474. The van der Waals surface area contributed by atoms with Crippen LogP contribution in [0.15, 0.2) is 36.4 Å². The fourth-order valence-corrected chi connectivity index (χ4v) is 1.93. The molecule has 0 aliphatic rings. The average molecular weight is 260 g/mol.